The lowest BCUT2D eigenvalue weighted by Crippen LogP contribution is -2.49. The van der Waals surface area contributed by atoms with Crippen molar-refractivity contribution >= 4 is 6.03 Å². The van der Waals surface area contributed by atoms with Crippen LogP contribution in [0.15, 0.2) is 0 Å². The summed E-state index contributed by atoms with van der Waals surface area (Å²) in [7, 11) is 1.58. The van der Waals surface area contributed by atoms with Crippen LogP contribution in [0, 0.1) is 5.92 Å². The molecular formula is C11H24N2O3. The minimum absolute atomic E-state index is 0.0472. The molecule has 5 nitrogen and oxygen atoms in total. The van der Waals surface area contributed by atoms with Gasteiger partial charge in [-0.15, -0.1) is 0 Å². The highest BCUT2D eigenvalue weighted by atomic mass is 16.5. The lowest BCUT2D eigenvalue weighted by Gasteiger charge is -2.28. The smallest absolute Gasteiger partial charge is 0.315 e. The zero-order valence-electron chi connectivity index (χ0n) is 10.8. The van der Waals surface area contributed by atoms with E-state index >= 15 is 0 Å². The Kier molecular flexibility index (Phi) is 6.36. The maximum atomic E-state index is 11.4. The Morgan fingerprint density at radius 1 is 1.44 bits per heavy atom. The van der Waals surface area contributed by atoms with Crippen LogP contribution in [0.25, 0.3) is 0 Å². The average Bonchev–Trinajstić information content (AvgIpc) is 2.15. The number of carbonyl (C=O) groups excluding carboxylic acids is 1. The Morgan fingerprint density at radius 3 is 2.44 bits per heavy atom. The fourth-order valence-corrected chi connectivity index (χ4v) is 1.03. The van der Waals surface area contributed by atoms with Crippen molar-refractivity contribution in [3.63, 3.8) is 0 Å². The van der Waals surface area contributed by atoms with Gasteiger partial charge < -0.3 is 20.5 Å². The van der Waals surface area contributed by atoms with Crippen molar-refractivity contribution < 1.29 is 14.6 Å². The maximum absolute atomic E-state index is 11.4. The summed E-state index contributed by atoms with van der Waals surface area (Å²) < 4.78 is 4.90. The standard InChI is InChI=1S/C11H24N2O3/c1-8(2)11(4,15)7-12-10(14)13-9(3)6-16-5/h8-9,15H,6-7H2,1-5H3,(H2,12,13,14). The summed E-state index contributed by atoms with van der Waals surface area (Å²) in [5.74, 6) is 0.0872. The quantitative estimate of drug-likeness (QED) is 0.632. The van der Waals surface area contributed by atoms with Crippen LogP contribution in [-0.4, -0.2) is 43.0 Å². The first-order valence-corrected chi connectivity index (χ1v) is 5.55. The Hall–Kier alpha value is -0.810. The van der Waals surface area contributed by atoms with Crippen molar-refractivity contribution in [2.24, 2.45) is 5.92 Å². The highest BCUT2D eigenvalue weighted by Gasteiger charge is 2.25. The second-order valence-corrected chi connectivity index (χ2v) is 4.70. The number of nitrogens with one attached hydrogen (secondary N) is 2. The first kappa shape index (κ1) is 15.2. The van der Waals surface area contributed by atoms with Gasteiger partial charge in [0.2, 0.25) is 0 Å². The number of carbonyl (C=O) groups is 1. The van der Waals surface area contributed by atoms with Crippen molar-refractivity contribution in [2.75, 3.05) is 20.3 Å². The van der Waals surface area contributed by atoms with E-state index in [0.29, 0.717) is 6.61 Å². The molecule has 0 saturated heterocycles. The molecule has 0 spiro atoms. The van der Waals surface area contributed by atoms with Crippen LogP contribution in [-0.2, 0) is 4.74 Å². The molecule has 0 fully saturated rings. The van der Waals surface area contributed by atoms with E-state index in [2.05, 4.69) is 10.6 Å². The number of ether oxygens (including phenoxy) is 1. The van der Waals surface area contributed by atoms with Crippen molar-refractivity contribution in [2.45, 2.75) is 39.3 Å². The second-order valence-electron chi connectivity index (χ2n) is 4.70. The fraction of sp³-hybridized carbons (Fsp3) is 0.909. The summed E-state index contributed by atoms with van der Waals surface area (Å²) >= 11 is 0. The lowest BCUT2D eigenvalue weighted by molar-refractivity contribution is 0.0164. The molecule has 5 heteroatoms. The maximum Gasteiger partial charge on any atom is 0.315 e. The number of rotatable bonds is 6. The number of hydrogen-bond donors (Lipinski definition) is 3. The topological polar surface area (TPSA) is 70.6 Å². The molecule has 0 aliphatic heterocycles. The fourth-order valence-electron chi connectivity index (χ4n) is 1.03. The number of urea groups is 1. The summed E-state index contributed by atoms with van der Waals surface area (Å²) in [5, 5.41) is 15.3. The van der Waals surface area contributed by atoms with Crippen LogP contribution < -0.4 is 10.6 Å². The number of methoxy groups -OCH3 is 1. The molecule has 0 aliphatic rings. The third kappa shape index (κ3) is 5.92. The molecule has 0 aromatic heterocycles. The highest BCUT2D eigenvalue weighted by molar-refractivity contribution is 5.74. The van der Waals surface area contributed by atoms with Gasteiger partial charge in [-0.05, 0) is 19.8 Å². The van der Waals surface area contributed by atoms with Crippen LogP contribution in [0.1, 0.15) is 27.7 Å². The summed E-state index contributed by atoms with van der Waals surface area (Å²) in [6.07, 6.45) is 0. The number of aliphatic hydroxyl groups is 1. The van der Waals surface area contributed by atoms with E-state index in [1.54, 1.807) is 14.0 Å². The molecule has 0 rings (SSSR count). The number of amides is 2. The molecule has 2 atom stereocenters. The monoisotopic (exact) mass is 232 g/mol. The molecule has 0 aliphatic carbocycles. The van der Waals surface area contributed by atoms with E-state index in [-0.39, 0.29) is 24.5 Å². The molecule has 0 aromatic carbocycles. The molecule has 2 unspecified atom stereocenters. The van der Waals surface area contributed by atoms with E-state index in [1.165, 1.54) is 0 Å². The van der Waals surface area contributed by atoms with E-state index in [9.17, 15) is 9.90 Å². The zero-order valence-corrected chi connectivity index (χ0v) is 10.8. The number of hydrogen-bond acceptors (Lipinski definition) is 3. The van der Waals surface area contributed by atoms with Crippen LogP contribution in [0.5, 0.6) is 0 Å². The van der Waals surface area contributed by atoms with Gasteiger partial charge in [-0.3, -0.25) is 0 Å². The van der Waals surface area contributed by atoms with E-state index in [1.807, 2.05) is 20.8 Å². The SMILES string of the molecule is COCC(C)NC(=O)NCC(C)(O)C(C)C. The molecule has 0 saturated carbocycles. The van der Waals surface area contributed by atoms with Gasteiger partial charge >= 0.3 is 6.03 Å². The molecular weight excluding hydrogens is 208 g/mol. The van der Waals surface area contributed by atoms with E-state index < -0.39 is 5.60 Å². The van der Waals surface area contributed by atoms with Gasteiger partial charge in [0.15, 0.2) is 0 Å². The van der Waals surface area contributed by atoms with Crippen LogP contribution in [0.2, 0.25) is 0 Å². The van der Waals surface area contributed by atoms with Gasteiger partial charge in [0.25, 0.3) is 0 Å². The van der Waals surface area contributed by atoms with Crippen molar-refractivity contribution in [1.82, 2.24) is 10.6 Å². The first-order chi connectivity index (χ1) is 7.29. The Labute approximate surface area is 97.6 Å². The highest BCUT2D eigenvalue weighted by Crippen LogP contribution is 2.14. The van der Waals surface area contributed by atoms with E-state index in [0.717, 1.165) is 0 Å². The summed E-state index contributed by atoms with van der Waals surface area (Å²) in [6, 6.07) is -0.334. The third-order valence-corrected chi connectivity index (χ3v) is 2.64. The molecule has 0 radical (unpaired) electrons. The predicted octanol–water partition coefficient (Wildman–Crippen LogP) is 0.727. The summed E-state index contributed by atoms with van der Waals surface area (Å²) in [4.78, 5) is 11.4. The predicted molar refractivity (Wildman–Crippen MR) is 63.3 cm³/mol. The molecule has 3 N–H and O–H groups in total. The normalized spacial score (nSPS) is 16.7. The van der Waals surface area contributed by atoms with Gasteiger partial charge in [0.1, 0.15) is 0 Å². The summed E-state index contributed by atoms with van der Waals surface area (Å²) in [5.41, 5.74) is -0.887. The second kappa shape index (κ2) is 6.70. The molecule has 0 bridgehead atoms. The first-order valence-electron chi connectivity index (χ1n) is 5.55. The Morgan fingerprint density at radius 2 is 2.00 bits per heavy atom. The average molecular weight is 232 g/mol. The largest absolute Gasteiger partial charge is 0.388 e. The molecule has 16 heavy (non-hydrogen) atoms. The minimum Gasteiger partial charge on any atom is -0.388 e. The van der Waals surface area contributed by atoms with Crippen LogP contribution in [0.3, 0.4) is 0 Å². The molecule has 0 heterocycles. The lowest BCUT2D eigenvalue weighted by atomic mass is 9.93. The van der Waals surface area contributed by atoms with Gasteiger partial charge in [-0.2, -0.15) is 0 Å². The Balaban J connectivity index is 3.90. The molecule has 96 valence electrons. The van der Waals surface area contributed by atoms with Crippen LogP contribution >= 0.6 is 0 Å². The van der Waals surface area contributed by atoms with Gasteiger partial charge in [-0.1, -0.05) is 13.8 Å². The van der Waals surface area contributed by atoms with Gasteiger partial charge in [0, 0.05) is 13.7 Å². The van der Waals surface area contributed by atoms with Crippen molar-refractivity contribution in [3.8, 4) is 0 Å². The third-order valence-electron chi connectivity index (χ3n) is 2.64. The van der Waals surface area contributed by atoms with Gasteiger partial charge in [-0.25, -0.2) is 4.79 Å². The van der Waals surface area contributed by atoms with Crippen LogP contribution in [0.4, 0.5) is 4.79 Å². The molecule has 0 aromatic rings. The van der Waals surface area contributed by atoms with Gasteiger partial charge in [0.05, 0.1) is 18.2 Å². The summed E-state index contributed by atoms with van der Waals surface area (Å²) in [6.45, 7) is 8.07. The minimum atomic E-state index is -0.887. The van der Waals surface area contributed by atoms with E-state index in [4.69, 9.17) is 4.74 Å². The Bertz CT molecular complexity index is 217. The van der Waals surface area contributed by atoms with Crippen molar-refractivity contribution in [1.29, 1.82) is 0 Å². The molecule has 2 amide bonds. The zero-order chi connectivity index (χ0) is 12.8. The van der Waals surface area contributed by atoms with Crippen molar-refractivity contribution in [3.05, 3.63) is 0 Å².